The minimum absolute atomic E-state index is 0. The lowest BCUT2D eigenvalue weighted by atomic mass is 10.2. The van der Waals surface area contributed by atoms with E-state index in [4.69, 9.17) is 0 Å². The maximum absolute atomic E-state index is 9.35. The summed E-state index contributed by atoms with van der Waals surface area (Å²) < 4.78 is 0. The van der Waals surface area contributed by atoms with Crippen LogP contribution in [-0.4, -0.2) is 5.60 Å². The Bertz CT molecular complexity index is 66.9. The molecule has 4 heteroatoms. The summed E-state index contributed by atoms with van der Waals surface area (Å²) in [5, 5.41) is 2.26. The Morgan fingerprint density at radius 1 is 1.38 bits per heavy atom. The smallest absolute Gasteiger partial charge is 0.155 e. The van der Waals surface area contributed by atoms with Crippen molar-refractivity contribution in [2.75, 3.05) is 0 Å². The van der Waals surface area contributed by atoms with Crippen molar-refractivity contribution in [2.24, 2.45) is 5.34 Å². The molecular formula is C4H12N2O2. The van der Waals surface area contributed by atoms with Gasteiger partial charge in [0.2, 0.25) is 0 Å². The minimum atomic E-state index is -0.429. The van der Waals surface area contributed by atoms with Gasteiger partial charge in [-0.1, -0.05) is 0 Å². The van der Waals surface area contributed by atoms with Crippen LogP contribution in [-0.2, 0) is 4.84 Å². The fourth-order valence-corrected chi connectivity index (χ4v) is 0.112. The highest BCUT2D eigenvalue weighted by Crippen LogP contribution is 2.05. The average Bonchev–Trinajstić information content (AvgIpc) is 1.30. The number of nitrogens with zero attached hydrogens (tertiary/aromatic N) is 1. The van der Waals surface area contributed by atoms with Crippen molar-refractivity contribution in [3.63, 3.8) is 0 Å². The molecule has 4 nitrogen and oxygen atoms in total. The molecule has 0 saturated carbocycles. The van der Waals surface area contributed by atoms with E-state index in [1.54, 1.807) is 20.8 Å². The van der Waals surface area contributed by atoms with Crippen LogP contribution in [0.15, 0.2) is 5.34 Å². The molecule has 0 aliphatic heterocycles. The van der Waals surface area contributed by atoms with Crippen molar-refractivity contribution in [1.29, 1.82) is 0 Å². The van der Waals surface area contributed by atoms with E-state index in [1.807, 2.05) is 0 Å². The summed E-state index contributed by atoms with van der Waals surface area (Å²) in [5.41, 5.74) is -0.429. The first-order valence-corrected chi connectivity index (χ1v) is 2.07. The van der Waals surface area contributed by atoms with E-state index < -0.39 is 5.60 Å². The molecule has 0 aromatic carbocycles. The fourth-order valence-electron chi connectivity index (χ4n) is 0.112. The van der Waals surface area contributed by atoms with Crippen LogP contribution in [0.4, 0.5) is 0 Å². The van der Waals surface area contributed by atoms with Gasteiger partial charge in [0.05, 0.1) is 0 Å². The van der Waals surface area contributed by atoms with Gasteiger partial charge in [0.1, 0.15) is 5.60 Å². The topological polar surface area (TPSA) is 73.7 Å². The quantitative estimate of drug-likeness (QED) is 0.422. The van der Waals surface area contributed by atoms with Crippen molar-refractivity contribution in [1.82, 2.24) is 6.15 Å². The van der Waals surface area contributed by atoms with Gasteiger partial charge < -0.3 is 11.0 Å². The molecule has 0 aliphatic carbocycles. The highest BCUT2D eigenvalue weighted by molar-refractivity contribution is 4.55. The molecule has 0 fully saturated rings. The van der Waals surface area contributed by atoms with Gasteiger partial charge >= 0.3 is 0 Å². The van der Waals surface area contributed by atoms with E-state index in [0.717, 1.165) is 0 Å². The van der Waals surface area contributed by atoms with Crippen LogP contribution in [0.3, 0.4) is 0 Å². The molecule has 0 bridgehead atoms. The third-order valence-electron chi connectivity index (χ3n) is 0.311. The van der Waals surface area contributed by atoms with E-state index in [9.17, 15) is 4.91 Å². The molecule has 0 aliphatic rings. The fraction of sp³-hybridized carbons (Fsp3) is 1.00. The van der Waals surface area contributed by atoms with Crippen molar-refractivity contribution in [3.05, 3.63) is 4.91 Å². The van der Waals surface area contributed by atoms with Gasteiger partial charge in [-0.2, -0.15) is 0 Å². The van der Waals surface area contributed by atoms with Crippen LogP contribution in [0, 0.1) is 4.91 Å². The molecule has 3 N–H and O–H groups in total. The van der Waals surface area contributed by atoms with Crippen molar-refractivity contribution >= 4 is 0 Å². The lowest BCUT2D eigenvalue weighted by Crippen LogP contribution is -2.14. The molecule has 0 heterocycles. The van der Waals surface area contributed by atoms with Gasteiger partial charge in [0, 0.05) is 0 Å². The van der Waals surface area contributed by atoms with Crippen LogP contribution < -0.4 is 6.15 Å². The van der Waals surface area contributed by atoms with Gasteiger partial charge in [0.15, 0.2) is 5.34 Å². The van der Waals surface area contributed by atoms with E-state index in [1.165, 1.54) is 0 Å². The van der Waals surface area contributed by atoms with Gasteiger partial charge in [-0.25, -0.2) is 0 Å². The summed E-state index contributed by atoms with van der Waals surface area (Å²) >= 11 is 0. The van der Waals surface area contributed by atoms with Crippen molar-refractivity contribution < 1.29 is 4.84 Å². The predicted molar refractivity (Wildman–Crippen MR) is 31.7 cm³/mol. The van der Waals surface area contributed by atoms with Gasteiger partial charge in [0.25, 0.3) is 0 Å². The molecule has 0 unspecified atom stereocenters. The predicted octanol–water partition coefficient (Wildman–Crippen LogP) is 1.64. The van der Waals surface area contributed by atoms with E-state index in [0.29, 0.717) is 0 Å². The van der Waals surface area contributed by atoms with Gasteiger partial charge in [-0.15, -0.1) is 4.91 Å². The Hall–Kier alpha value is -0.640. The second-order valence-electron chi connectivity index (χ2n) is 2.28. The molecular weight excluding hydrogens is 108 g/mol. The van der Waals surface area contributed by atoms with Gasteiger partial charge in [-0.05, 0) is 20.8 Å². The first-order chi connectivity index (χ1) is 3.06. The number of rotatable bonds is 1. The molecule has 0 radical (unpaired) electrons. The molecule has 0 spiro atoms. The Labute approximate surface area is 48.7 Å². The second-order valence-corrected chi connectivity index (χ2v) is 2.28. The molecule has 0 amide bonds. The summed E-state index contributed by atoms with van der Waals surface area (Å²) in [7, 11) is 0. The lowest BCUT2D eigenvalue weighted by molar-refractivity contribution is -0.00229. The summed E-state index contributed by atoms with van der Waals surface area (Å²) in [6.45, 7) is 5.28. The summed E-state index contributed by atoms with van der Waals surface area (Å²) in [4.78, 5) is 13.6. The zero-order chi connectivity index (χ0) is 5.91. The average molecular weight is 120 g/mol. The Kier molecular flexibility index (Phi) is 4.37. The molecule has 8 heavy (non-hydrogen) atoms. The number of hydrogen-bond acceptors (Lipinski definition) is 4. The maximum atomic E-state index is 9.35. The molecule has 0 aromatic rings. The van der Waals surface area contributed by atoms with Crippen molar-refractivity contribution in [3.8, 4) is 0 Å². The zero-order valence-electron chi connectivity index (χ0n) is 5.47. The molecule has 0 atom stereocenters. The highest BCUT2D eigenvalue weighted by atomic mass is 16.7. The summed E-state index contributed by atoms with van der Waals surface area (Å²) in [6, 6.07) is 0. The monoisotopic (exact) mass is 120 g/mol. The first kappa shape index (κ1) is 10.4. The highest BCUT2D eigenvalue weighted by Gasteiger charge is 2.09. The minimum Gasteiger partial charge on any atom is -0.358 e. The van der Waals surface area contributed by atoms with E-state index >= 15 is 0 Å². The van der Waals surface area contributed by atoms with Crippen LogP contribution in [0.5, 0.6) is 0 Å². The molecule has 50 valence electrons. The Morgan fingerprint density at radius 2 is 1.75 bits per heavy atom. The molecule has 0 rings (SSSR count). The third kappa shape index (κ3) is 9.03. The summed E-state index contributed by atoms with van der Waals surface area (Å²) in [6.07, 6.45) is 0. The standard InChI is InChI=1S/C4H9NO2.H3N/c1-4(2,3)7-5-6;/h1-3H3;1H3. The third-order valence-corrected chi connectivity index (χ3v) is 0.311. The largest absolute Gasteiger partial charge is 0.358 e. The first-order valence-electron chi connectivity index (χ1n) is 2.07. The van der Waals surface area contributed by atoms with Crippen LogP contribution in [0.25, 0.3) is 0 Å². The van der Waals surface area contributed by atoms with E-state index in [-0.39, 0.29) is 6.15 Å². The maximum Gasteiger partial charge on any atom is 0.155 e. The van der Waals surface area contributed by atoms with Crippen LogP contribution >= 0.6 is 0 Å². The van der Waals surface area contributed by atoms with Crippen molar-refractivity contribution in [2.45, 2.75) is 26.4 Å². The van der Waals surface area contributed by atoms with Crippen LogP contribution in [0.2, 0.25) is 0 Å². The van der Waals surface area contributed by atoms with E-state index in [2.05, 4.69) is 10.2 Å². The van der Waals surface area contributed by atoms with Gasteiger partial charge in [-0.3, -0.25) is 0 Å². The molecule has 0 saturated heterocycles. The number of hydrogen-bond donors (Lipinski definition) is 1. The zero-order valence-corrected chi connectivity index (χ0v) is 5.47. The Morgan fingerprint density at radius 3 is 1.75 bits per heavy atom. The Balaban J connectivity index is 0. The second kappa shape index (κ2) is 3.37. The summed E-state index contributed by atoms with van der Waals surface area (Å²) in [5.74, 6) is 0. The normalized spacial score (nSPS) is 9.38. The lowest BCUT2D eigenvalue weighted by Gasteiger charge is -2.11. The molecule has 0 aromatic heterocycles. The van der Waals surface area contributed by atoms with Crippen LogP contribution in [0.1, 0.15) is 20.8 Å². The SMILES string of the molecule is CC(C)(C)ON=O.N.